The van der Waals surface area contributed by atoms with Gasteiger partial charge in [-0.05, 0) is 35.0 Å². The third-order valence-electron chi connectivity index (χ3n) is 2.26. The molecule has 0 aromatic carbocycles. The SMILES string of the molecule is Cc1c(CC(=O)O)nc2c(Br)cccn12. The number of rotatable bonds is 2. The molecule has 2 aromatic heterocycles. The fourth-order valence-electron chi connectivity index (χ4n) is 1.51. The number of carboxylic acid groups (broad SMARTS) is 1. The van der Waals surface area contributed by atoms with E-state index in [1.165, 1.54) is 0 Å². The van der Waals surface area contributed by atoms with Gasteiger partial charge >= 0.3 is 5.97 Å². The van der Waals surface area contributed by atoms with E-state index in [-0.39, 0.29) is 6.42 Å². The summed E-state index contributed by atoms with van der Waals surface area (Å²) < 4.78 is 2.74. The van der Waals surface area contributed by atoms with Crippen molar-refractivity contribution in [1.82, 2.24) is 9.38 Å². The summed E-state index contributed by atoms with van der Waals surface area (Å²) in [7, 11) is 0. The highest BCUT2D eigenvalue weighted by atomic mass is 79.9. The average Bonchev–Trinajstić information content (AvgIpc) is 2.46. The first kappa shape index (κ1) is 10.2. The molecule has 5 heteroatoms. The highest BCUT2D eigenvalue weighted by Gasteiger charge is 2.12. The number of aromatic nitrogens is 2. The van der Waals surface area contributed by atoms with Crippen LogP contribution < -0.4 is 0 Å². The number of aliphatic carboxylic acids is 1. The summed E-state index contributed by atoms with van der Waals surface area (Å²) in [5, 5.41) is 8.72. The van der Waals surface area contributed by atoms with Crippen LogP contribution in [0.15, 0.2) is 22.8 Å². The molecular formula is C10H9BrN2O2. The molecule has 1 N–H and O–H groups in total. The minimum atomic E-state index is -0.863. The van der Waals surface area contributed by atoms with Crippen LogP contribution in [-0.4, -0.2) is 20.5 Å². The standard InChI is InChI=1S/C10H9BrN2O2/c1-6-8(5-9(14)15)12-10-7(11)3-2-4-13(6)10/h2-4H,5H2,1H3,(H,14,15). The molecule has 0 bridgehead atoms. The van der Waals surface area contributed by atoms with Crippen LogP contribution in [0.3, 0.4) is 0 Å². The second-order valence-electron chi connectivity index (χ2n) is 3.26. The van der Waals surface area contributed by atoms with Gasteiger partial charge in [-0.2, -0.15) is 0 Å². The Labute approximate surface area is 94.7 Å². The number of carbonyl (C=O) groups is 1. The largest absolute Gasteiger partial charge is 0.481 e. The lowest BCUT2D eigenvalue weighted by Crippen LogP contribution is -2.02. The van der Waals surface area contributed by atoms with E-state index in [0.29, 0.717) is 5.69 Å². The minimum Gasteiger partial charge on any atom is -0.481 e. The first-order valence-corrected chi connectivity index (χ1v) is 5.22. The van der Waals surface area contributed by atoms with E-state index >= 15 is 0 Å². The Kier molecular flexibility index (Phi) is 2.48. The number of fused-ring (bicyclic) bond motifs is 1. The molecule has 0 unspecified atom stereocenters. The molecule has 0 saturated heterocycles. The first-order chi connectivity index (χ1) is 7.09. The van der Waals surface area contributed by atoms with Gasteiger partial charge in [0.15, 0.2) is 5.65 Å². The van der Waals surface area contributed by atoms with Crippen molar-refractivity contribution in [2.45, 2.75) is 13.3 Å². The van der Waals surface area contributed by atoms with Gasteiger partial charge in [0.2, 0.25) is 0 Å². The van der Waals surface area contributed by atoms with Crippen LogP contribution in [-0.2, 0) is 11.2 Å². The summed E-state index contributed by atoms with van der Waals surface area (Å²) in [4.78, 5) is 14.9. The number of hydrogen-bond donors (Lipinski definition) is 1. The van der Waals surface area contributed by atoms with Crippen LogP contribution in [0.25, 0.3) is 5.65 Å². The molecule has 2 rings (SSSR count). The van der Waals surface area contributed by atoms with Gasteiger partial charge in [0.1, 0.15) is 0 Å². The van der Waals surface area contributed by atoms with Crippen LogP contribution in [0, 0.1) is 6.92 Å². The molecule has 2 aromatic rings. The molecule has 15 heavy (non-hydrogen) atoms. The minimum absolute atomic E-state index is 0.0417. The average molecular weight is 269 g/mol. The number of aryl methyl sites for hydroxylation is 1. The molecule has 0 aliphatic rings. The van der Waals surface area contributed by atoms with Gasteiger partial charge < -0.3 is 9.51 Å². The fraction of sp³-hybridized carbons (Fsp3) is 0.200. The van der Waals surface area contributed by atoms with Gasteiger partial charge in [-0.15, -0.1) is 0 Å². The Morgan fingerprint density at radius 3 is 3.00 bits per heavy atom. The van der Waals surface area contributed by atoms with Crippen LogP contribution in [0.4, 0.5) is 0 Å². The maximum Gasteiger partial charge on any atom is 0.309 e. The van der Waals surface area contributed by atoms with Crippen LogP contribution in [0.2, 0.25) is 0 Å². The Morgan fingerprint density at radius 2 is 2.40 bits per heavy atom. The van der Waals surface area contributed by atoms with Crippen molar-refractivity contribution in [1.29, 1.82) is 0 Å². The van der Waals surface area contributed by atoms with E-state index in [9.17, 15) is 4.79 Å². The summed E-state index contributed by atoms with van der Waals surface area (Å²) in [5.74, 6) is -0.863. The zero-order valence-corrected chi connectivity index (χ0v) is 9.65. The summed E-state index contributed by atoms with van der Waals surface area (Å²) in [6.45, 7) is 1.87. The number of pyridine rings is 1. The summed E-state index contributed by atoms with van der Waals surface area (Å²) in [6, 6.07) is 3.77. The van der Waals surface area contributed by atoms with E-state index < -0.39 is 5.97 Å². The van der Waals surface area contributed by atoms with Gasteiger partial charge in [-0.1, -0.05) is 0 Å². The van der Waals surface area contributed by atoms with Gasteiger partial charge in [-0.3, -0.25) is 4.79 Å². The normalized spacial score (nSPS) is 10.8. The third kappa shape index (κ3) is 1.74. The smallest absolute Gasteiger partial charge is 0.309 e. The van der Waals surface area contributed by atoms with E-state index in [2.05, 4.69) is 20.9 Å². The number of hydrogen-bond acceptors (Lipinski definition) is 2. The van der Waals surface area contributed by atoms with E-state index in [0.717, 1.165) is 15.8 Å². The molecule has 2 heterocycles. The van der Waals surface area contributed by atoms with Gasteiger partial charge in [0.25, 0.3) is 0 Å². The molecule has 0 fully saturated rings. The zero-order valence-electron chi connectivity index (χ0n) is 8.07. The van der Waals surface area contributed by atoms with Crippen molar-refractivity contribution in [3.05, 3.63) is 34.2 Å². The second kappa shape index (κ2) is 3.66. The molecule has 0 radical (unpaired) electrons. The number of imidazole rings is 1. The molecule has 0 saturated carbocycles. The lowest BCUT2D eigenvalue weighted by molar-refractivity contribution is -0.136. The van der Waals surface area contributed by atoms with E-state index in [1.54, 1.807) is 0 Å². The monoisotopic (exact) mass is 268 g/mol. The molecule has 0 spiro atoms. The molecule has 0 amide bonds. The second-order valence-corrected chi connectivity index (χ2v) is 4.12. The predicted molar refractivity (Wildman–Crippen MR) is 59.0 cm³/mol. The molecule has 0 atom stereocenters. The first-order valence-electron chi connectivity index (χ1n) is 4.43. The van der Waals surface area contributed by atoms with Crippen LogP contribution in [0.5, 0.6) is 0 Å². The van der Waals surface area contributed by atoms with Crippen molar-refractivity contribution >= 4 is 27.5 Å². The Morgan fingerprint density at radius 1 is 1.67 bits per heavy atom. The molecule has 4 nitrogen and oxygen atoms in total. The quantitative estimate of drug-likeness (QED) is 0.907. The summed E-state index contributed by atoms with van der Waals surface area (Å²) >= 11 is 3.38. The predicted octanol–water partition coefficient (Wildman–Crippen LogP) is 2.03. The Hall–Kier alpha value is -1.36. The van der Waals surface area contributed by atoms with Crippen molar-refractivity contribution in [2.24, 2.45) is 0 Å². The third-order valence-corrected chi connectivity index (χ3v) is 2.88. The Bertz CT molecular complexity index is 533. The maximum atomic E-state index is 10.6. The lowest BCUT2D eigenvalue weighted by atomic mass is 10.2. The van der Waals surface area contributed by atoms with Crippen LogP contribution in [0.1, 0.15) is 11.4 Å². The van der Waals surface area contributed by atoms with Gasteiger partial charge in [0.05, 0.1) is 16.6 Å². The van der Waals surface area contributed by atoms with Gasteiger partial charge in [0, 0.05) is 11.9 Å². The molecule has 78 valence electrons. The highest BCUT2D eigenvalue weighted by Crippen LogP contribution is 2.20. The maximum absolute atomic E-state index is 10.6. The lowest BCUT2D eigenvalue weighted by Gasteiger charge is -1.96. The topological polar surface area (TPSA) is 54.6 Å². The van der Waals surface area contributed by atoms with Crippen molar-refractivity contribution in [3.63, 3.8) is 0 Å². The van der Waals surface area contributed by atoms with Gasteiger partial charge in [-0.25, -0.2) is 4.98 Å². The Balaban J connectivity index is 2.64. The fourth-order valence-corrected chi connectivity index (χ4v) is 1.94. The molecule has 0 aliphatic carbocycles. The number of nitrogens with zero attached hydrogens (tertiary/aromatic N) is 2. The summed E-state index contributed by atoms with van der Waals surface area (Å²) in [6.07, 6.45) is 1.83. The van der Waals surface area contributed by atoms with Crippen molar-refractivity contribution in [3.8, 4) is 0 Å². The van der Waals surface area contributed by atoms with E-state index in [4.69, 9.17) is 5.11 Å². The van der Waals surface area contributed by atoms with E-state index in [1.807, 2.05) is 29.7 Å². The molecule has 0 aliphatic heterocycles. The summed E-state index contributed by atoms with van der Waals surface area (Å²) in [5.41, 5.74) is 2.23. The number of halogens is 1. The van der Waals surface area contributed by atoms with Crippen molar-refractivity contribution in [2.75, 3.05) is 0 Å². The highest BCUT2D eigenvalue weighted by molar-refractivity contribution is 9.10. The van der Waals surface area contributed by atoms with Crippen molar-refractivity contribution < 1.29 is 9.90 Å². The number of carboxylic acids is 1. The zero-order chi connectivity index (χ0) is 11.0. The molecular weight excluding hydrogens is 260 g/mol. The van der Waals surface area contributed by atoms with Crippen LogP contribution >= 0.6 is 15.9 Å².